The molecule has 10 heteroatoms. The van der Waals surface area contributed by atoms with E-state index >= 15 is 0 Å². The van der Waals surface area contributed by atoms with Gasteiger partial charge < -0.3 is 15.0 Å². The van der Waals surface area contributed by atoms with Crippen molar-refractivity contribution in [3.8, 4) is 5.69 Å². The second kappa shape index (κ2) is 9.40. The number of aromatic nitrogens is 2. The molecule has 7 nitrogen and oxygen atoms in total. The summed E-state index contributed by atoms with van der Waals surface area (Å²) in [5.74, 6) is -0.319. The summed E-state index contributed by atoms with van der Waals surface area (Å²) in [6.45, 7) is 4.17. The van der Waals surface area contributed by atoms with Crippen molar-refractivity contribution in [1.29, 1.82) is 0 Å². The Kier molecular flexibility index (Phi) is 6.87. The van der Waals surface area contributed by atoms with E-state index in [1.165, 1.54) is 18.2 Å². The molecule has 1 fully saturated rings. The molecule has 1 aliphatic rings. The fraction of sp³-hybridized carbons (Fsp3) is 0.476. The zero-order chi connectivity index (χ0) is 22.6. The Hall–Kier alpha value is -3.04. The number of benzene rings is 1. The Morgan fingerprint density at radius 1 is 1.26 bits per heavy atom. The summed E-state index contributed by atoms with van der Waals surface area (Å²) in [6.07, 6.45) is -1.67. The number of hydrogen-bond donors (Lipinski definition) is 1. The van der Waals surface area contributed by atoms with Gasteiger partial charge in [-0.05, 0) is 57.4 Å². The van der Waals surface area contributed by atoms with Crippen molar-refractivity contribution in [3.63, 3.8) is 0 Å². The van der Waals surface area contributed by atoms with E-state index in [2.05, 4.69) is 10.4 Å². The van der Waals surface area contributed by atoms with E-state index in [0.29, 0.717) is 13.0 Å². The highest BCUT2D eigenvalue weighted by molar-refractivity contribution is 5.95. The normalized spacial score (nSPS) is 17.0. The molecular weight excluding hydrogens is 413 g/mol. The number of halogens is 3. The van der Waals surface area contributed by atoms with Crippen LogP contribution in [0.5, 0.6) is 0 Å². The lowest BCUT2D eigenvalue weighted by atomic mass is 10.0. The minimum Gasteiger partial charge on any atom is -0.447 e. The van der Waals surface area contributed by atoms with Crippen molar-refractivity contribution in [1.82, 2.24) is 20.0 Å². The molecular formula is C21H25F3N4O3. The summed E-state index contributed by atoms with van der Waals surface area (Å²) in [5, 5.41) is 6.39. The van der Waals surface area contributed by atoms with Crippen molar-refractivity contribution >= 4 is 12.0 Å². The van der Waals surface area contributed by atoms with Gasteiger partial charge in [-0.1, -0.05) is 6.07 Å². The van der Waals surface area contributed by atoms with Gasteiger partial charge in [-0.25, -0.2) is 9.48 Å². The van der Waals surface area contributed by atoms with Gasteiger partial charge in [0.1, 0.15) is 12.3 Å². The number of ether oxygens (including phenoxy) is 1. The van der Waals surface area contributed by atoms with Gasteiger partial charge in [-0.3, -0.25) is 4.79 Å². The van der Waals surface area contributed by atoms with E-state index in [1.807, 2.05) is 13.8 Å². The fourth-order valence-electron chi connectivity index (χ4n) is 3.55. The number of piperidine rings is 1. The maximum atomic E-state index is 13.2. The van der Waals surface area contributed by atoms with Gasteiger partial charge >= 0.3 is 12.3 Å². The molecule has 0 radical (unpaired) electrons. The number of alkyl halides is 3. The molecule has 3 rings (SSSR count). The van der Waals surface area contributed by atoms with E-state index < -0.39 is 18.0 Å². The average molecular weight is 438 g/mol. The molecule has 1 N–H and O–H groups in total. The average Bonchev–Trinajstić information content (AvgIpc) is 3.22. The van der Waals surface area contributed by atoms with Crippen LogP contribution in [-0.2, 0) is 10.9 Å². The van der Waals surface area contributed by atoms with Crippen LogP contribution in [0.1, 0.15) is 49.2 Å². The van der Waals surface area contributed by atoms with Gasteiger partial charge in [0.05, 0.1) is 17.9 Å². The Morgan fingerprint density at radius 2 is 2.03 bits per heavy atom. The summed E-state index contributed by atoms with van der Waals surface area (Å²) in [5.41, 5.74) is -0.526. The van der Waals surface area contributed by atoms with Crippen molar-refractivity contribution < 1.29 is 27.5 Å². The quantitative estimate of drug-likeness (QED) is 0.765. The van der Waals surface area contributed by atoms with Crippen LogP contribution in [0.4, 0.5) is 18.0 Å². The second-order valence-corrected chi connectivity index (χ2v) is 7.72. The van der Waals surface area contributed by atoms with Crippen LogP contribution in [0.15, 0.2) is 36.5 Å². The third kappa shape index (κ3) is 5.56. The molecule has 1 unspecified atom stereocenters. The van der Waals surface area contributed by atoms with E-state index in [4.69, 9.17) is 4.74 Å². The molecule has 0 saturated carbocycles. The van der Waals surface area contributed by atoms with Crippen LogP contribution in [0.2, 0.25) is 0 Å². The first-order valence-electron chi connectivity index (χ1n) is 10.1. The van der Waals surface area contributed by atoms with E-state index in [9.17, 15) is 22.8 Å². The van der Waals surface area contributed by atoms with Crippen LogP contribution in [0, 0.1) is 0 Å². The van der Waals surface area contributed by atoms with Crippen LogP contribution < -0.4 is 5.32 Å². The van der Waals surface area contributed by atoms with Gasteiger partial charge in [-0.15, -0.1) is 0 Å². The molecule has 2 aromatic rings. The minimum absolute atomic E-state index is 0.0569. The first-order valence-corrected chi connectivity index (χ1v) is 10.1. The first kappa shape index (κ1) is 22.6. The smallest absolute Gasteiger partial charge is 0.433 e. The van der Waals surface area contributed by atoms with Crippen LogP contribution >= 0.6 is 0 Å². The van der Waals surface area contributed by atoms with Gasteiger partial charge in [0.15, 0.2) is 0 Å². The molecule has 31 heavy (non-hydrogen) atoms. The lowest BCUT2D eigenvalue weighted by Gasteiger charge is -2.35. The Balaban J connectivity index is 1.78. The van der Waals surface area contributed by atoms with E-state index in [1.54, 1.807) is 11.0 Å². The number of carbonyl (C=O) groups excluding carboxylic acids is 2. The fourth-order valence-corrected chi connectivity index (χ4v) is 3.55. The maximum absolute atomic E-state index is 13.2. The standard InChI is InChI=1S/C21H25F3N4O3/c1-14(2)26-20(30)31-13-17-7-3-4-11-27(17)19(29)15-6-5-8-16(12-15)28-18(9-10-25-28)21(22,23)24/h5-6,8-10,12,14,17H,3-4,7,11,13H2,1-2H3,(H,26,30). The molecule has 1 aliphatic heterocycles. The zero-order valence-corrected chi connectivity index (χ0v) is 17.4. The van der Waals surface area contributed by atoms with Crippen LogP contribution in [0.25, 0.3) is 5.69 Å². The topological polar surface area (TPSA) is 76.5 Å². The SMILES string of the molecule is CC(C)NC(=O)OCC1CCCCN1C(=O)c1cccc(-n2nccc2C(F)(F)F)c1. The number of amides is 2. The third-order valence-electron chi connectivity index (χ3n) is 4.97. The van der Waals surface area contributed by atoms with Crippen LogP contribution in [0.3, 0.4) is 0 Å². The summed E-state index contributed by atoms with van der Waals surface area (Å²) >= 11 is 0. The Labute approximate surface area is 178 Å². The summed E-state index contributed by atoms with van der Waals surface area (Å²) < 4.78 is 45.7. The molecule has 1 aromatic carbocycles. The number of nitrogens with zero attached hydrogens (tertiary/aromatic N) is 3. The van der Waals surface area contributed by atoms with Gasteiger partial charge in [0, 0.05) is 18.2 Å². The van der Waals surface area contributed by atoms with Crippen molar-refractivity contribution in [2.24, 2.45) is 0 Å². The minimum atomic E-state index is -4.57. The number of nitrogens with one attached hydrogen (secondary N) is 1. The lowest BCUT2D eigenvalue weighted by molar-refractivity contribution is -0.142. The summed E-state index contributed by atoms with van der Waals surface area (Å²) in [4.78, 5) is 26.6. The van der Waals surface area contributed by atoms with E-state index in [0.717, 1.165) is 29.8 Å². The number of carbonyl (C=O) groups is 2. The van der Waals surface area contributed by atoms with Crippen molar-refractivity contribution in [2.45, 2.75) is 51.4 Å². The van der Waals surface area contributed by atoms with E-state index in [-0.39, 0.29) is 35.8 Å². The molecule has 0 spiro atoms. The highest BCUT2D eigenvalue weighted by atomic mass is 19.4. The van der Waals surface area contributed by atoms with Crippen molar-refractivity contribution in [2.75, 3.05) is 13.2 Å². The van der Waals surface area contributed by atoms with Gasteiger partial charge in [-0.2, -0.15) is 18.3 Å². The Morgan fingerprint density at radius 3 is 2.74 bits per heavy atom. The number of likely N-dealkylation sites (tertiary alicyclic amines) is 1. The molecule has 168 valence electrons. The monoisotopic (exact) mass is 438 g/mol. The van der Waals surface area contributed by atoms with Gasteiger partial charge in [0.2, 0.25) is 0 Å². The maximum Gasteiger partial charge on any atom is 0.433 e. The molecule has 2 heterocycles. The summed E-state index contributed by atoms with van der Waals surface area (Å²) in [7, 11) is 0. The largest absolute Gasteiger partial charge is 0.447 e. The number of rotatable bonds is 5. The Bertz CT molecular complexity index is 927. The highest BCUT2D eigenvalue weighted by Gasteiger charge is 2.35. The predicted octanol–water partition coefficient (Wildman–Crippen LogP) is 4.02. The second-order valence-electron chi connectivity index (χ2n) is 7.72. The van der Waals surface area contributed by atoms with Gasteiger partial charge in [0.25, 0.3) is 5.91 Å². The lowest BCUT2D eigenvalue weighted by Crippen LogP contribution is -2.47. The summed E-state index contributed by atoms with van der Waals surface area (Å²) in [6, 6.07) is 6.46. The molecule has 0 aliphatic carbocycles. The zero-order valence-electron chi connectivity index (χ0n) is 17.4. The molecule has 0 bridgehead atoms. The molecule has 2 amide bonds. The highest BCUT2D eigenvalue weighted by Crippen LogP contribution is 2.31. The molecule has 1 aromatic heterocycles. The number of alkyl carbamates (subject to hydrolysis) is 1. The first-order chi connectivity index (χ1) is 14.7. The molecule has 1 saturated heterocycles. The molecule has 1 atom stereocenters. The number of hydrogen-bond acceptors (Lipinski definition) is 4. The van der Waals surface area contributed by atoms with Crippen molar-refractivity contribution in [3.05, 3.63) is 47.8 Å². The van der Waals surface area contributed by atoms with Crippen LogP contribution in [-0.4, -0.2) is 51.9 Å². The predicted molar refractivity (Wildman–Crippen MR) is 107 cm³/mol. The third-order valence-corrected chi connectivity index (χ3v) is 4.97.